The maximum Gasteiger partial charge on any atom is 0.305 e. The number of Topliss-reactive ketones (excluding diaryl/α,β-unsaturated/α-hetero) is 1. The van der Waals surface area contributed by atoms with Gasteiger partial charge in [-0.25, -0.2) is 0 Å². The number of hydrogen-bond donors (Lipinski definition) is 1. The van der Waals surface area contributed by atoms with E-state index in [0.717, 1.165) is 19.3 Å². The fourth-order valence-corrected chi connectivity index (χ4v) is 2.10. The van der Waals surface area contributed by atoms with E-state index >= 15 is 0 Å². The van der Waals surface area contributed by atoms with Gasteiger partial charge in [-0.05, 0) is 32.1 Å². The van der Waals surface area contributed by atoms with E-state index in [9.17, 15) is 14.7 Å². The van der Waals surface area contributed by atoms with Crippen LogP contribution in [0.4, 0.5) is 0 Å². The van der Waals surface area contributed by atoms with E-state index in [4.69, 9.17) is 0 Å². The molecule has 0 saturated heterocycles. The third kappa shape index (κ3) is 18.4. The van der Waals surface area contributed by atoms with Crippen molar-refractivity contribution < 1.29 is 19.4 Å². The van der Waals surface area contributed by atoms with Crippen molar-refractivity contribution in [1.82, 2.24) is 0 Å². The summed E-state index contributed by atoms with van der Waals surface area (Å²) in [5.74, 6) is -0.306. The molecule has 1 unspecified atom stereocenters. The third-order valence-electron chi connectivity index (χ3n) is 3.66. The van der Waals surface area contributed by atoms with Gasteiger partial charge in [0.1, 0.15) is 5.78 Å². The molecule has 0 aliphatic rings. The molecular weight excluding hydrogens is 340 g/mol. The van der Waals surface area contributed by atoms with Gasteiger partial charge in [-0.15, -0.1) is 0 Å². The van der Waals surface area contributed by atoms with Crippen LogP contribution in [0, 0.1) is 0 Å². The van der Waals surface area contributed by atoms with Crippen LogP contribution in [0.15, 0.2) is 60.8 Å². The molecule has 0 fully saturated rings. The number of hydrogen-bond acceptors (Lipinski definition) is 4. The minimum atomic E-state index is -0.510. The zero-order valence-electron chi connectivity index (χ0n) is 16.7. The lowest BCUT2D eigenvalue weighted by Crippen LogP contribution is -2.05. The maximum absolute atomic E-state index is 11.5. The zero-order chi connectivity index (χ0) is 20.2. The molecule has 0 radical (unpaired) electrons. The Morgan fingerprint density at radius 1 is 0.889 bits per heavy atom. The van der Waals surface area contributed by atoms with Crippen LogP contribution >= 0.6 is 0 Å². The molecule has 1 N–H and O–H groups in total. The average molecular weight is 375 g/mol. The summed E-state index contributed by atoms with van der Waals surface area (Å²) < 4.78 is 4.50. The highest BCUT2D eigenvalue weighted by Crippen LogP contribution is 2.02. The Labute approximate surface area is 164 Å². The van der Waals surface area contributed by atoms with Crippen LogP contribution in [0.2, 0.25) is 0 Å². The fourth-order valence-electron chi connectivity index (χ4n) is 2.10. The molecular formula is C23H34O4. The van der Waals surface area contributed by atoms with Crippen molar-refractivity contribution in [1.29, 1.82) is 0 Å². The Balaban J connectivity index is 3.78. The number of ketones is 1. The number of ether oxygens (including phenoxy) is 1. The highest BCUT2D eigenvalue weighted by atomic mass is 16.5. The van der Waals surface area contributed by atoms with Gasteiger partial charge in [-0.2, -0.15) is 0 Å². The van der Waals surface area contributed by atoms with Gasteiger partial charge in [0.15, 0.2) is 0 Å². The molecule has 0 aliphatic carbocycles. The third-order valence-corrected chi connectivity index (χ3v) is 3.66. The summed E-state index contributed by atoms with van der Waals surface area (Å²) in [6.07, 6.45) is 24.2. The minimum absolute atomic E-state index is 0.0506. The van der Waals surface area contributed by atoms with Crippen LogP contribution in [0.3, 0.4) is 0 Å². The van der Waals surface area contributed by atoms with E-state index in [2.05, 4.69) is 36.0 Å². The number of carbonyl (C=O) groups is 2. The lowest BCUT2D eigenvalue weighted by atomic mass is 10.1. The Morgan fingerprint density at radius 2 is 1.56 bits per heavy atom. The molecule has 0 aromatic rings. The summed E-state index contributed by atoms with van der Waals surface area (Å²) in [5.41, 5.74) is 0. The largest absolute Gasteiger partial charge is 0.469 e. The Morgan fingerprint density at radius 3 is 2.22 bits per heavy atom. The molecule has 150 valence electrons. The molecule has 0 spiro atoms. The Hall–Kier alpha value is -2.20. The molecule has 0 amide bonds. The highest BCUT2D eigenvalue weighted by molar-refractivity contribution is 5.82. The second kappa shape index (κ2) is 18.6. The van der Waals surface area contributed by atoms with Crippen molar-refractivity contribution in [2.45, 2.75) is 64.4 Å². The molecule has 0 heterocycles. The minimum Gasteiger partial charge on any atom is -0.469 e. The van der Waals surface area contributed by atoms with Crippen LogP contribution in [0.5, 0.6) is 0 Å². The number of methoxy groups -OCH3 is 1. The van der Waals surface area contributed by atoms with Crippen LogP contribution in [-0.2, 0) is 14.3 Å². The van der Waals surface area contributed by atoms with Crippen LogP contribution in [-0.4, -0.2) is 30.1 Å². The van der Waals surface area contributed by atoms with Gasteiger partial charge in [-0.1, -0.05) is 67.7 Å². The average Bonchev–Trinajstić information content (AvgIpc) is 2.67. The highest BCUT2D eigenvalue weighted by Gasteiger charge is 2.05. The summed E-state index contributed by atoms with van der Waals surface area (Å²) in [5, 5.41) is 9.84. The molecule has 1 atom stereocenters. The Bertz CT molecular complexity index is 539. The van der Waals surface area contributed by atoms with Gasteiger partial charge in [-0.3, -0.25) is 9.59 Å². The van der Waals surface area contributed by atoms with Crippen molar-refractivity contribution in [3.05, 3.63) is 60.8 Å². The first kappa shape index (κ1) is 24.8. The lowest BCUT2D eigenvalue weighted by Gasteiger charge is -1.99. The summed E-state index contributed by atoms with van der Waals surface area (Å²) >= 11 is 0. The summed E-state index contributed by atoms with van der Waals surface area (Å²) in [6, 6.07) is 0. The number of rotatable bonds is 15. The van der Waals surface area contributed by atoms with Gasteiger partial charge in [0.2, 0.25) is 0 Å². The molecule has 0 aromatic carbocycles. The van der Waals surface area contributed by atoms with Crippen molar-refractivity contribution >= 4 is 11.8 Å². The molecule has 4 heteroatoms. The molecule has 0 rings (SSSR count). The molecule has 0 saturated carbocycles. The predicted octanol–water partition coefficient (Wildman–Crippen LogP) is 5.01. The first-order valence-corrected chi connectivity index (χ1v) is 9.65. The van der Waals surface area contributed by atoms with E-state index in [0.29, 0.717) is 19.3 Å². The van der Waals surface area contributed by atoms with E-state index < -0.39 is 6.10 Å². The number of carbonyl (C=O) groups excluding carboxylic acids is 2. The normalized spacial score (nSPS) is 13.6. The Kier molecular flexibility index (Phi) is 17.1. The van der Waals surface area contributed by atoms with E-state index in [1.807, 2.05) is 24.3 Å². The predicted molar refractivity (Wildman–Crippen MR) is 111 cm³/mol. The van der Waals surface area contributed by atoms with Gasteiger partial charge in [0.25, 0.3) is 0 Å². The fraction of sp³-hybridized carbons (Fsp3) is 0.478. The van der Waals surface area contributed by atoms with Gasteiger partial charge in [0.05, 0.1) is 19.6 Å². The number of aliphatic hydroxyl groups excluding tert-OH is 1. The second-order valence-corrected chi connectivity index (χ2v) is 6.06. The van der Waals surface area contributed by atoms with Crippen LogP contribution in [0.25, 0.3) is 0 Å². The monoisotopic (exact) mass is 374 g/mol. The molecule has 4 nitrogen and oxygen atoms in total. The molecule has 0 aliphatic heterocycles. The first-order chi connectivity index (χ1) is 13.1. The first-order valence-electron chi connectivity index (χ1n) is 9.65. The summed E-state index contributed by atoms with van der Waals surface area (Å²) in [7, 11) is 1.32. The van der Waals surface area contributed by atoms with E-state index in [1.54, 1.807) is 12.2 Å². The standard InChI is InChI=1S/C23H34O4/c1-3-4-5-6-7-8-9-10-13-16-21(24)17-14-11-12-15-18-22(25)19-20-23(26)27-2/h4-5,7-8,10-14,17,21,24H,3,6,9,15-16,18-20H2,1-2H3/b5-4-,8-7-,12-11+,13-10-,17-14+. The zero-order valence-corrected chi connectivity index (χ0v) is 16.7. The smallest absolute Gasteiger partial charge is 0.305 e. The summed E-state index contributed by atoms with van der Waals surface area (Å²) in [4.78, 5) is 22.5. The van der Waals surface area contributed by atoms with Gasteiger partial charge < -0.3 is 9.84 Å². The SMILES string of the molecule is CC/C=C\C/C=C\C/C=C\CC(O)/C=C/C=C/CCC(=O)CCC(=O)OC. The molecule has 0 bridgehead atoms. The van der Waals surface area contributed by atoms with Crippen molar-refractivity contribution in [3.63, 3.8) is 0 Å². The van der Waals surface area contributed by atoms with Crippen molar-refractivity contribution in [3.8, 4) is 0 Å². The van der Waals surface area contributed by atoms with Gasteiger partial charge >= 0.3 is 5.97 Å². The van der Waals surface area contributed by atoms with E-state index in [-0.39, 0.29) is 24.6 Å². The molecule has 0 aromatic heterocycles. The number of esters is 1. The summed E-state index contributed by atoms with van der Waals surface area (Å²) in [6.45, 7) is 2.12. The quantitative estimate of drug-likeness (QED) is 0.249. The number of allylic oxidation sites excluding steroid dienone is 8. The number of aliphatic hydroxyl groups is 1. The second-order valence-electron chi connectivity index (χ2n) is 6.06. The maximum atomic E-state index is 11.5. The van der Waals surface area contributed by atoms with Crippen molar-refractivity contribution in [2.75, 3.05) is 7.11 Å². The lowest BCUT2D eigenvalue weighted by molar-refractivity contribution is -0.141. The van der Waals surface area contributed by atoms with Crippen LogP contribution in [0.1, 0.15) is 58.3 Å². The molecule has 27 heavy (non-hydrogen) atoms. The van der Waals surface area contributed by atoms with E-state index in [1.165, 1.54) is 7.11 Å². The topological polar surface area (TPSA) is 63.6 Å². The van der Waals surface area contributed by atoms with Crippen molar-refractivity contribution in [2.24, 2.45) is 0 Å². The van der Waals surface area contributed by atoms with Crippen LogP contribution < -0.4 is 0 Å². The van der Waals surface area contributed by atoms with Gasteiger partial charge in [0, 0.05) is 12.8 Å².